The van der Waals surface area contributed by atoms with Crippen molar-refractivity contribution in [2.24, 2.45) is 0 Å². The number of carbonyl (C=O) groups excluding carboxylic acids is 1. The van der Waals surface area contributed by atoms with E-state index < -0.39 is 27.6 Å². The summed E-state index contributed by atoms with van der Waals surface area (Å²) in [6, 6.07) is 12.7. The van der Waals surface area contributed by atoms with Gasteiger partial charge in [0.2, 0.25) is 0 Å². The molecule has 0 unspecified atom stereocenters. The van der Waals surface area contributed by atoms with Crippen LogP contribution in [0.4, 0.5) is 14.5 Å². The first-order chi connectivity index (χ1) is 14.7. The van der Waals surface area contributed by atoms with Gasteiger partial charge in [-0.05, 0) is 60.2 Å². The van der Waals surface area contributed by atoms with Crippen LogP contribution in [0.3, 0.4) is 0 Å². The van der Waals surface area contributed by atoms with Gasteiger partial charge in [0.05, 0.1) is 12.1 Å². The number of rotatable bonds is 7. The summed E-state index contributed by atoms with van der Waals surface area (Å²) >= 11 is 6.03. The van der Waals surface area contributed by atoms with Crippen molar-refractivity contribution < 1.29 is 26.7 Å². The summed E-state index contributed by atoms with van der Waals surface area (Å²) in [7, 11) is -2.80. The van der Waals surface area contributed by atoms with Gasteiger partial charge in [-0.25, -0.2) is 17.2 Å². The second-order valence-electron chi connectivity index (χ2n) is 6.41. The van der Waals surface area contributed by atoms with Gasteiger partial charge >= 0.3 is 0 Å². The second-order valence-corrected chi connectivity index (χ2v) is 8.47. The van der Waals surface area contributed by atoms with Gasteiger partial charge < -0.3 is 10.1 Å². The van der Waals surface area contributed by atoms with E-state index in [1.807, 2.05) is 0 Å². The van der Waals surface area contributed by atoms with Gasteiger partial charge in [0.25, 0.3) is 15.9 Å². The number of amides is 1. The summed E-state index contributed by atoms with van der Waals surface area (Å²) in [5.41, 5.74) is 0.665. The van der Waals surface area contributed by atoms with Gasteiger partial charge in [-0.3, -0.25) is 9.52 Å². The fraction of sp³-hybridized carbons (Fsp3) is 0.0952. The molecule has 6 nitrogen and oxygen atoms in total. The number of hydrogen-bond acceptors (Lipinski definition) is 4. The first-order valence-corrected chi connectivity index (χ1v) is 10.7. The zero-order valence-electron chi connectivity index (χ0n) is 16.2. The molecule has 0 aromatic heterocycles. The van der Waals surface area contributed by atoms with Gasteiger partial charge in [-0.2, -0.15) is 0 Å². The lowest BCUT2D eigenvalue weighted by Crippen LogP contribution is -2.23. The number of sulfonamides is 1. The molecule has 3 rings (SSSR count). The normalized spacial score (nSPS) is 11.1. The molecule has 0 aliphatic carbocycles. The number of methoxy groups -OCH3 is 1. The zero-order valence-corrected chi connectivity index (χ0v) is 17.7. The van der Waals surface area contributed by atoms with Crippen molar-refractivity contribution in [1.29, 1.82) is 0 Å². The second kappa shape index (κ2) is 9.32. The number of anilines is 1. The van der Waals surface area contributed by atoms with Crippen LogP contribution in [0.2, 0.25) is 5.02 Å². The summed E-state index contributed by atoms with van der Waals surface area (Å²) in [5.74, 6) is -1.58. The molecule has 0 radical (unpaired) electrons. The minimum atomic E-state index is -4.14. The Bertz CT molecular complexity index is 1220. The lowest BCUT2D eigenvalue weighted by molar-refractivity contribution is 0.0950. The number of nitrogens with one attached hydrogen (secondary N) is 2. The van der Waals surface area contributed by atoms with E-state index in [1.165, 1.54) is 43.5 Å². The number of benzene rings is 3. The Balaban J connectivity index is 1.77. The Kier molecular flexibility index (Phi) is 6.77. The Morgan fingerprint density at radius 3 is 2.39 bits per heavy atom. The average molecular weight is 467 g/mol. The molecule has 1 amide bonds. The van der Waals surface area contributed by atoms with E-state index in [0.29, 0.717) is 5.56 Å². The van der Waals surface area contributed by atoms with E-state index in [4.69, 9.17) is 16.3 Å². The van der Waals surface area contributed by atoms with Crippen LogP contribution in [0.1, 0.15) is 15.9 Å². The molecule has 0 spiro atoms. The fourth-order valence-electron chi connectivity index (χ4n) is 2.68. The van der Waals surface area contributed by atoms with E-state index in [2.05, 4.69) is 10.0 Å². The molecule has 31 heavy (non-hydrogen) atoms. The van der Waals surface area contributed by atoms with Crippen molar-refractivity contribution in [3.8, 4) is 5.75 Å². The van der Waals surface area contributed by atoms with Crippen LogP contribution in [0.25, 0.3) is 0 Å². The molecule has 0 saturated carbocycles. The Morgan fingerprint density at radius 1 is 1.03 bits per heavy atom. The SMILES string of the molecule is COc1ccc(CNC(=O)c2ccc(Cl)c(S(=O)(=O)Nc3ccc(F)cc3)c2)cc1F. The number of halogens is 3. The molecule has 3 aromatic rings. The van der Waals surface area contributed by atoms with E-state index in [-0.39, 0.29) is 33.5 Å². The molecule has 3 aromatic carbocycles. The van der Waals surface area contributed by atoms with Crippen LogP contribution in [-0.2, 0) is 16.6 Å². The van der Waals surface area contributed by atoms with Crippen LogP contribution in [0.5, 0.6) is 5.75 Å². The minimum absolute atomic E-state index is 0.0122. The fourth-order valence-corrected chi connectivity index (χ4v) is 4.27. The van der Waals surface area contributed by atoms with Crippen molar-refractivity contribution in [2.75, 3.05) is 11.8 Å². The Morgan fingerprint density at radius 2 is 1.74 bits per heavy atom. The highest BCUT2D eigenvalue weighted by atomic mass is 35.5. The highest BCUT2D eigenvalue weighted by molar-refractivity contribution is 7.92. The van der Waals surface area contributed by atoms with Crippen molar-refractivity contribution in [1.82, 2.24) is 5.32 Å². The molecule has 162 valence electrons. The van der Waals surface area contributed by atoms with Gasteiger partial charge in [-0.15, -0.1) is 0 Å². The molecule has 0 aliphatic rings. The highest BCUT2D eigenvalue weighted by Gasteiger charge is 2.20. The summed E-state index contributed by atoms with van der Waals surface area (Å²) in [4.78, 5) is 12.2. The smallest absolute Gasteiger partial charge is 0.263 e. The number of ether oxygens (including phenoxy) is 1. The monoisotopic (exact) mass is 466 g/mol. The summed E-state index contributed by atoms with van der Waals surface area (Å²) < 4.78 is 59.3. The molecule has 0 aliphatic heterocycles. The largest absolute Gasteiger partial charge is 0.494 e. The third-order valence-corrected chi connectivity index (χ3v) is 6.11. The first-order valence-electron chi connectivity index (χ1n) is 8.88. The van der Waals surface area contributed by atoms with E-state index >= 15 is 0 Å². The molecular formula is C21H17ClF2N2O4S. The Labute approximate surface area is 182 Å². The zero-order chi connectivity index (χ0) is 22.6. The van der Waals surface area contributed by atoms with Crippen LogP contribution in [-0.4, -0.2) is 21.4 Å². The van der Waals surface area contributed by atoms with E-state index in [1.54, 1.807) is 6.07 Å². The first kappa shape index (κ1) is 22.5. The molecule has 0 bridgehead atoms. The Hall–Kier alpha value is -3.17. The molecule has 0 fully saturated rings. The molecule has 0 heterocycles. The van der Waals surface area contributed by atoms with E-state index in [0.717, 1.165) is 18.2 Å². The van der Waals surface area contributed by atoms with Gasteiger partial charge in [0.15, 0.2) is 11.6 Å². The van der Waals surface area contributed by atoms with Gasteiger partial charge in [-0.1, -0.05) is 17.7 Å². The third kappa shape index (κ3) is 5.50. The predicted octanol–water partition coefficient (Wildman–Crippen LogP) is 4.36. The van der Waals surface area contributed by atoms with Crippen LogP contribution < -0.4 is 14.8 Å². The topological polar surface area (TPSA) is 84.5 Å². The van der Waals surface area contributed by atoms with Crippen LogP contribution in [0, 0.1) is 11.6 Å². The maximum Gasteiger partial charge on any atom is 0.263 e. The van der Waals surface area contributed by atoms with Crippen LogP contribution >= 0.6 is 11.6 Å². The third-order valence-electron chi connectivity index (χ3n) is 4.25. The molecule has 10 heteroatoms. The quantitative estimate of drug-likeness (QED) is 0.542. The van der Waals surface area contributed by atoms with Gasteiger partial charge in [0.1, 0.15) is 10.7 Å². The maximum absolute atomic E-state index is 13.8. The number of carbonyl (C=O) groups is 1. The van der Waals surface area contributed by atoms with Crippen LogP contribution in [0.15, 0.2) is 65.6 Å². The van der Waals surface area contributed by atoms with Gasteiger partial charge in [0, 0.05) is 17.8 Å². The predicted molar refractivity (Wildman–Crippen MR) is 113 cm³/mol. The average Bonchev–Trinajstić information content (AvgIpc) is 2.74. The van der Waals surface area contributed by atoms with E-state index in [9.17, 15) is 22.0 Å². The van der Waals surface area contributed by atoms with Crippen molar-refractivity contribution in [3.05, 3.63) is 88.4 Å². The van der Waals surface area contributed by atoms with Crippen molar-refractivity contribution in [3.63, 3.8) is 0 Å². The molecular weight excluding hydrogens is 450 g/mol. The maximum atomic E-state index is 13.8. The van der Waals surface area contributed by atoms with Crippen molar-refractivity contribution in [2.45, 2.75) is 11.4 Å². The lowest BCUT2D eigenvalue weighted by Gasteiger charge is -2.12. The highest BCUT2D eigenvalue weighted by Crippen LogP contribution is 2.25. The summed E-state index contributed by atoms with van der Waals surface area (Å²) in [6.45, 7) is 0.0122. The van der Waals surface area contributed by atoms with Crippen molar-refractivity contribution >= 4 is 33.2 Å². The summed E-state index contributed by atoms with van der Waals surface area (Å²) in [5, 5.41) is 2.49. The standard InChI is InChI=1S/C21H17ClF2N2O4S/c1-30-19-9-2-13(10-18(19)24)12-25-21(27)14-3-8-17(22)20(11-14)31(28,29)26-16-6-4-15(23)5-7-16/h2-11,26H,12H2,1H3,(H,25,27). The minimum Gasteiger partial charge on any atom is -0.494 e. The molecule has 0 saturated heterocycles. The molecule has 2 N–H and O–H groups in total. The molecule has 0 atom stereocenters. The number of hydrogen-bond donors (Lipinski definition) is 2. The lowest BCUT2D eigenvalue weighted by atomic mass is 10.2. The summed E-state index contributed by atoms with van der Waals surface area (Å²) in [6.07, 6.45) is 0.